The topological polar surface area (TPSA) is 91.2 Å². The smallest absolute Gasteiger partial charge is 0.304 e. The van der Waals surface area contributed by atoms with Gasteiger partial charge in [0.05, 0.1) is 24.5 Å². The van der Waals surface area contributed by atoms with Gasteiger partial charge < -0.3 is 15.3 Å². The van der Waals surface area contributed by atoms with E-state index in [0.717, 1.165) is 37.4 Å². The maximum Gasteiger partial charge on any atom is 0.304 e. The molecule has 3 heterocycles. The van der Waals surface area contributed by atoms with Crippen molar-refractivity contribution in [2.24, 2.45) is 0 Å². The van der Waals surface area contributed by atoms with Gasteiger partial charge >= 0.3 is 5.97 Å². The maximum atomic E-state index is 10.7. The number of rotatable bonds is 6. The van der Waals surface area contributed by atoms with E-state index in [2.05, 4.69) is 25.2 Å². The molecule has 0 radical (unpaired) electrons. The molecular weight excluding hydrogens is 306 g/mol. The summed E-state index contributed by atoms with van der Waals surface area (Å²) in [5.74, 6) is 0.957. The third kappa shape index (κ3) is 4.48. The van der Waals surface area contributed by atoms with E-state index in [1.54, 1.807) is 18.6 Å². The highest BCUT2D eigenvalue weighted by Gasteiger charge is 2.22. The molecule has 1 aliphatic rings. The Balaban J connectivity index is 1.59. The van der Waals surface area contributed by atoms with Crippen molar-refractivity contribution in [3.8, 4) is 0 Å². The van der Waals surface area contributed by atoms with Gasteiger partial charge in [0.15, 0.2) is 0 Å². The minimum absolute atomic E-state index is 0.186. The molecule has 2 aromatic rings. The standard InChI is InChI=1S/C17H21N5O2/c23-17(24)6-9-22-8-3-4-13(12-22)14-10-20-16(11-19-14)21-15-5-1-2-7-18-15/h1-2,5,7,10-11,13H,3-4,6,8-9,12H2,(H,23,24)(H,18,20,21). The number of likely N-dealkylation sites (tertiary alicyclic amines) is 1. The van der Waals surface area contributed by atoms with Crippen LogP contribution in [0, 0.1) is 0 Å². The lowest BCUT2D eigenvalue weighted by Crippen LogP contribution is -2.36. The van der Waals surface area contributed by atoms with Gasteiger partial charge in [-0.3, -0.25) is 9.78 Å². The van der Waals surface area contributed by atoms with Crippen molar-refractivity contribution >= 4 is 17.6 Å². The van der Waals surface area contributed by atoms with Crippen LogP contribution in [0.15, 0.2) is 36.8 Å². The van der Waals surface area contributed by atoms with Gasteiger partial charge in [0.25, 0.3) is 0 Å². The number of aliphatic carboxylic acids is 1. The summed E-state index contributed by atoms with van der Waals surface area (Å²) in [5, 5.41) is 11.9. The van der Waals surface area contributed by atoms with Crippen molar-refractivity contribution in [2.45, 2.75) is 25.2 Å². The number of carboxylic acid groups (broad SMARTS) is 1. The van der Waals surface area contributed by atoms with Crippen LogP contribution in [-0.2, 0) is 4.79 Å². The van der Waals surface area contributed by atoms with Crippen LogP contribution in [-0.4, -0.2) is 50.6 Å². The summed E-state index contributed by atoms with van der Waals surface area (Å²) in [4.78, 5) is 26.1. The molecule has 0 aliphatic carbocycles. The van der Waals surface area contributed by atoms with E-state index >= 15 is 0 Å². The fourth-order valence-electron chi connectivity index (χ4n) is 2.94. The molecule has 0 spiro atoms. The summed E-state index contributed by atoms with van der Waals surface area (Å²) in [6.07, 6.45) is 7.55. The minimum Gasteiger partial charge on any atom is -0.481 e. The largest absolute Gasteiger partial charge is 0.481 e. The Kier molecular flexibility index (Phi) is 5.32. The SMILES string of the molecule is O=C(O)CCN1CCCC(c2cnc(Nc3ccccn3)cn2)C1. The second-order valence-corrected chi connectivity index (χ2v) is 5.95. The first-order chi connectivity index (χ1) is 11.7. The molecular formula is C17H21N5O2. The van der Waals surface area contributed by atoms with Gasteiger partial charge in [-0.1, -0.05) is 6.07 Å². The van der Waals surface area contributed by atoms with E-state index in [4.69, 9.17) is 5.11 Å². The maximum absolute atomic E-state index is 10.7. The number of nitrogens with zero attached hydrogens (tertiary/aromatic N) is 4. The van der Waals surface area contributed by atoms with Gasteiger partial charge in [-0.25, -0.2) is 9.97 Å². The summed E-state index contributed by atoms with van der Waals surface area (Å²) in [5.41, 5.74) is 0.960. The normalized spacial score (nSPS) is 18.2. The predicted molar refractivity (Wildman–Crippen MR) is 90.2 cm³/mol. The number of pyridine rings is 1. The summed E-state index contributed by atoms with van der Waals surface area (Å²) >= 11 is 0. The zero-order chi connectivity index (χ0) is 16.8. The lowest BCUT2D eigenvalue weighted by atomic mass is 9.95. The number of carbonyl (C=O) groups is 1. The molecule has 3 rings (SSSR count). The van der Waals surface area contributed by atoms with Crippen molar-refractivity contribution in [3.05, 3.63) is 42.5 Å². The average Bonchev–Trinajstić information content (AvgIpc) is 2.62. The van der Waals surface area contributed by atoms with Gasteiger partial charge in [0.1, 0.15) is 11.6 Å². The van der Waals surface area contributed by atoms with Crippen molar-refractivity contribution < 1.29 is 9.90 Å². The number of piperidine rings is 1. The minimum atomic E-state index is -0.748. The molecule has 126 valence electrons. The van der Waals surface area contributed by atoms with Crippen LogP contribution in [0.1, 0.15) is 30.9 Å². The molecule has 1 atom stereocenters. The summed E-state index contributed by atoms with van der Waals surface area (Å²) in [6, 6.07) is 5.64. The van der Waals surface area contributed by atoms with Crippen molar-refractivity contribution in [3.63, 3.8) is 0 Å². The van der Waals surface area contributed by atoms with E-state index < -0.39 is 5.97 Å². The van der Waals surface area contributed by atoms with E-state index in [9.17, 15) is 4.79 Å². The molecule has 0 saturated carbocycles. The van der Waals surface area contributed by atoms with Gasteiger partial charge in [-0.15, -0.1) is 0 Å². The first-order valence-corrected chi connectivity index (χ1v) is 8.15. The third-order valence-electron chi connectivity index (χ3n) is 4.16. The molecule has 7 nitrogen and oxygen atoms in total. The van der Waals surface area contributed by atoms with Crippen LogP contribution in [0.5, 0.6) is 0 Å². The lowest BCUT2D eigenvalue weighted by Gasteiger charge is -2.31. The monoisotopic (exact) mass is 327 g/mol. The first kappa shape index (κ1) is 16.3. The number of hydrogen-bond acceptors (Lipinski definition) is 6. The van der Waals surface area contributed by atoms with Gasteiger partial charge in [0.2, 0.25) is 0 Å². The lowest BCUT2D eigenvalue weighted by molar-refractivity contribution is -0.137. The summed E-state index contributed by atoms with van der Waals surface area (Å²) in [6.45, 7) is 2.39. The number of carboxylic acids is 1. The molecule has 1 aliphatic heterocycles. The fourth-order valence-corrected chi connectivity index (χ4v) is 2.94. The second kappa shape index (κ2) is 7.83. The molecule has 7 heteroatoms. The van der Waals surface area contributed by atoms with Crippen molar-refractivity contribution in [2.75, 3.05) is 25.0 Å². The molecule has 24 heavy (non-hydrogen) atoms. The molecule has 0 amide bonds. The van der Waals surface area contributed by atoms with Crippen molar-refractivity contribution in [1.29, 1.82) is 0 Å². The van der Waals surface area contributed by atoms with Crippen LogP contribution >= 0.6 is 0 Å². The third-order valence-corrected chi connectivity index (χ3v) is 4.16. The van der Waals surface area contributed by atoms with E-state index in [-0.39, 0.29) is 6.42 Å². The van der Waals surface area contributed by atoms with Crippen LogP contribution < -0.4 is 5.32 Å². The highest BCUT2D eigenvalue weighted by atomic mass is 16.4. The van der Waals surface area contributed by atoms with E-state index in [1.165, 1.54) is 0 Å². The fraction of sp³-hybridized carbons (Fsp3) is 0.412. The van der Waals surface area contributed by atoms with E-state index in [0.29, 0.717) is 18.3 Å². The first-order valence-electron chi connectivity index (χ1n) is 8.15. The van der Waals surface area contributed by atoms with Gasteiger partial charge in [0, 0.05) is 25.2 Å². The highest BCUT2D eigenvalue weighted by Crippen LogP contribution is 2.25. The Morgan fingerprint density at radius 1 is 1.25 bits per heavy atom. The van der Waals surface area contributed by atoms with Crippen LogP contribution in [0.4, 0.5) is 11.6 Å². The van der Waals surface area contributed by atoms with Gasteiger partial charge in [-0.2, -0.15) is 0 Å². The zero-order valence-corrected chi connectivity index (χ0v) is 13.4. The van der Waals surface area contributed by atoms with E-state index in [1.807, 2.05) is 18.2 Å². The van der Waals surface area contributed by atoms with Crippen LogP contribution in [0.3, 0.4) is 0 Å². The summed E-state index contributed by atoms with van der Waals surface area (Å²) in [7, 11) is 0. The Morgan fingerprint density at radius 3 is 2.88 bits per heavy atom. The average molecular weight is 327 g/mol. The number of aromatic nitrogens is 3. The Labute approximate surface area is 140 Å². The second-order valence-electron chi connectivity index (χ2n) is 5.95. The Bertz CT molecular complexity index is 662. The Morgan fingerprint density at radius 2 is 2.17 bits per heavy atom. The van der Waals surface area contributed by atoms with Crippen molar-refractivity contribution in [1.82, 2.24) is 19.9 Å². The zero-order valence-electron chi connectivity index (χ0n) is 13.4. The molecule has 1 unspecified atom stereocenters. The summed E-state index contributed by atoms with van der Waals surface area (Å²) < 4.78 is 0. The molecule has 0 aromatic carbocycles. The molecule has 0 bridgehead atoms. The number of anilines is 2. The number of nitrogens with one attached hydrogen (secondary N) is 1. The molecule has 1 fully saturated rings. The highest BCUT2D eigenvalue weighted by molar-refractivity contribution is 5.66. The molecule has 1 saturated heterocycles. The Hall–Kier alpha value is -2.54. The van der Waals surface area contributed by atoms with Crippen LogP contribution in [0.25, 0.3) is 0 Å². The molecule has 2 N–H and O–H groups in total. The quantitative estimate of drug-likeness (QED) is 0.841. The predicted octanol–water partition coefficient (Wildman–Crippen LogP) is 2.27. The van der Waals surface area contributed by atoms with Crippen LogP contribution in [0.2, 0.25) is 0 Å². The molecule has 2 aromatic heterocycles. The van der Waals surface area contributed by atoms with Gasteiger partial charge in [-0.05, 0) is 31.5 Å². The number of hydrogen-bond donors (Lipinski definition) is 2.